The smallest absolute Gasteiger partial charge is 0.254 e. The normalized spacial score (nSPS) is 14.1. The second kappa shape index (κ2) is 9.20. The Morgan fingerprint density at radius 2 is 1.89 bits per heavy atom. The Hall–Kier alpha value is -2.40. The Labute approximate surface area is 171 Å². The Morgan fingerprint density at radius 3 is 2.54 bits per heavy atom. The van der Waals surface area contributed by atoms with Gasteiger partial charge in [0, 0.05) is 37.4 Å². The third-order valence-corrected chi connectivity index (χ3v) is 5.14. The minimum Gasteiger partial charge on any atom is -0.493 e. The molecule has 3 rings (SSSR count). The Balaban J connectivity index is 1.70. The van der Waals surface area contributed by atoms with Crippen LogP contribution < -0.4 is 14.4 Å². The first-order valence-electron chi connectivity index (χ1n) is 9.64. The van der Waals surface area contributed by atoms with Gasteiger partial charge >= 0.3 is 0 Å². The largest absolute Gasteiger partial charge is 0.493 e. The molecule has 1 aliphatic rings. The first kappa shape index (κ1) is 20.3. The molecule has 2 aromatic rings. The van der Waals surface area contributed by atoms with Crippen molar-refractivity contribution < 1.29 is 14.3 Å². The Bertz CT molecular complexity index is 833. The number of amides is 1. The predicted molar refractivity (Wildman–Crippen MR) is 113 cm³/mol. The topological polar surface area (TPSA) is 42.0 Å². The molecule has 0 unspecified atom stereocenters. The second-order valence-electron chi connectivity index (χ2n) is 6.96. The number of piperazine rings is 1. The molecule has 1 aliphatic heterocycles. The summed E-state index contributed by atoms with van der Waals surface area (Å²) in [4.78, 5) is 17.2. The molecule has 150 valence electrons. The van der Waals surface area contributed by atoms with Crippen molar-refractivity contribution in [2.24, 2.45) is 0 Å². The maximum atomic E-state index is 13.0. The van der Waals surface area contributed by atoms with Crippen molar-refractivity contribution in [1.82, 2.24) is 4.90 Å². The summed E-state index contributed by atoms with van der Waals surface area (Å²) in [6.45, 7) is 7.60. The maximum Gasteiger partial charge on any atom is 0.254 e. The predicted octanol–water partition coefficient (Wildman–Crippen LogP) is 4.41. The number of carbonyl (C=O) groups is 1. The van der Waals surface area contributed by atoms with E-state index in [0.29, 0.717) is 41.8 Å². The standard InChI is InChI=1S/C22H27ClN2O3/c1-4-12-28-21-19(23)14-17(15-20(21)27-3)22(26)25-10-8-24(9-11-25)18-7-5-6-16(2)13-18/h5-7,13-15H,4,8-12H2,1-3H3. The van der Waals surface area contributed by atoms with Crippen molar-refractivity contribution in [2.45, 2.75) is 20.3 Å². The van der Waals surface area contributed by atoms with Crippen LogP contribution in [0.3, 0.4) is 0 Å². The quantitative estimate of drug-likeness (QED) is 0.717. The van der Waals surface area contributed by atoms with E-state index < -0.39 is 0 Å². The summed E-state index contributed by atoms with van der Waals surface area (Å²) in [6, 6.07) is 11.8. The zero-order valence-corrected chi connectivity index (χ0v) is 17.5. The highest BCUT2D eigenvalue weighted by molar-refractivity contribution is 6.32. The number of methoxy groups -OCH3 is 1. The van der Waals surface area contributed by atoms with Crippen LogP contribution in [0.2, 0.25) is 5.02 Å². The molecule has 0 bridgehead atoms. The summed E-state index contributed by atoms with van der Waals surface area (Å²) in [6.07, 6.45) is 0.866. The van der Waals surface area contributed by atoms with Gasteiger partial charge in [-0.1, -0.05) is 30.7 Å². The van der Waals surface area contributed by atoms with E-state index in [1.54, 1.807) is 19.2 Å². The lowest BCUT2D eigenvalue weighted by molar-refractivity contribution is 0.0746. The molecule has 0 spiro atoms. The van der Waals surface area contributed by atoms with Crippen molar-refractivity contribution in [3.05, 3.63) is 52.5 Å². The van der Waals surface area contributed by atoms with Crippen molar-refractivity contribution in [2.75, 3.05) is 44.8 Å². The summed E-state index contributed by atoms with van der Waals surface area (Å²) < 4.78 is 11.1. The Kier molecular flexibility index (Phi) is 6.68. The first-order chi connectivity index (χ1) is 13.5. The van der Waals surface area contributed by atoms with Crippen LogP contribution in [0.15, 0.2) is 36.4 Å². The highest BCUT2D eigenvalue weighted by Crippen LogP contribution is 2.37. The average molecular weight is 403 g/mol. The van der Waals surface area contributed by atoms with E-state index in [1.165, 1.54) is 11.3 Å². The zero-order chi connectivity index (χ0) is 20.1. The SMILES string of the molecule is CCCOc1c(Cl)cc(C(=O)N2CCN(c3cccc(C)c3)CC2)cc1OC. The highest BCUT2D eigenvalue weighted by atomic mass is 35.5. The summed E-state index contributed by atoms with van der Waals surface area (Å²) in [5.41, 5.74) is 2.96. The van der Waals surface area contributed by atoms with Gasteiger partial charge in [-0.25, -0.2) is 0 Å². The van der Waals surface area contributed by atoms with E-state index in [9.17, 15) is 4.79 Å². The van der Waals surface area contributed by atoms with E-state index in [1.807, 2.05) is 11.8 Å². The van der Waals surface area contributed by atoms with Gasteiger partial charge in [-0.15, -0.1) is 0 Å². The van der Waals surface area contributed by atoms with Crippen molar-refractivity contribution in [3.8, 4) is 11.5 Å². The lowest BCUT2D eigenvalue weighted by Gasteiger charge is -2.36. The number of nitrogens with zero attached hydrogens (tertiary/aromatic N) is 2. The summed E-state index contributed by atoms with van der Waals surface area (Å²) >= 11 is 6.37. The molecule has 0 aliphatic carbocycles. The van der Waals surface area contributed by atoms with Gasteiger partial charge in [0.2, 0.25) is 0 Å². The van der Waals surface area contributed by atoms with Crippen LogP contribution in [0.1, 0.15) is 29.3 Å². The lowest BCUT2D eigenvalue weighted by Crippen LogP contribution is -2.48. The van der Waals surface area contributed by atoms with Crippen LogP contribution in [-0.2, 0) is 0 Å². The zero-order valence-electron chi connectivity index (χ0n) is 16.7. The van der Waals surface area contributed by atoms with Crippen molar-refractivity contribution in [1.29, 1.82) is 0 Å². The molecule has 1 amide bonds. The number of ether oxygens (including phenoxy) is 2. The van der Waals surface area contributed by atoms with Gasteiger partial charge < -0.3 is 19.3 Å². The van der Waals surface area contributed by atoms with Gasteiger partial charge in [-0.05, 0) is 43.2 Å². The Morgan fingerprint density at radius 1 is 1.14 bits per heavy atom. The number of hydrogen-bond donors (Lipinski definition) is 0. The van der Waals surface area contributed by atoms with Crippen LogP contribution in [0, 0.1) is 6.92 Å². The van der Waals surface area contributed by atoms with Gasteiger partial charge in [0.05, 0.1) is 18.7 Å². The van der Waals surface area contributed by atoms with E-state index in [4.69, 9.17) is 21.1 Å². The number of hydrogen-bond acceptors (Lipinski definition) is 4. The number of carbonyl (C=O) groups excluding carboxylic acids is 1. The minimum absolute atomic E-state index is 0.0360. The van der Waals surface area contributed by atoms with E-state index in [0.717, 1.165) is 19.5 Å². The van der Waals surface area contributed by atoms with E-state index >= 15 is 0 Å². The molecular weight excluding hydrogens is 376 g/mol. The average Bonchev–Trinajstić information content (AvgIpc) is 2.72. The molecule has 6 heteroatoms. The molecule has 28 heavy (non-hydrogen) atoms. The summed E-state index contributed by atoms with van der Waals surface area (Å²) in [7, 11) is 1.55. The molecule has 0 atom stereocenters. The fourth-order valence-corrected chi connectivity index (χ4v) is 3.63. The maximum absolute atomic E-state index is 13.0. The van der Waals surface area contributed by atoms with Crippen molar-refractivity contribution in [3.63, 3.8) is 0 Å². The second-order valence-corrected chi connectivity index (χ2v) is 7.36. The number of anilines is 1. The molecule has 0 aromatic heterocycles. The number of halogens is 1. The number of benzene rings is 2. The monoisotopic (exact) mass is 402 g/mol. The third kappa shape index (κ3) is 4.53. The fourth-order valence-electron chi connectivity index (χ4n) is 3.36. The van der Waals surface area contributed by atoms with Crippen LogP contribution in [-0.4, -0.2) is 50.7 Å². The number of aryl methyl sites for hydroxylation is 1. The molecule has 1 fully saturated rings. The van der Waals surface area contributed by atoms with Crippen LogP contribution in [0.5, 0.6) is 11.5 Å². The molecule has 0 radical (unpaired) electrons. The van der Waals surface area contributed by atoms with Crippen molar-refractivity contribution >= 4 is 23.2 Å². The molecular formula is C22H27ClN2O3. The van der Waals surface area contributed by atoms with E-state index in [2.05, 4.69) is 36.1 Å². The molecule has 5 nitrogen and oxygen atoms in total. The number of rotatable bonds is 6. The van der Waals surface area contributed by atoms with Gasteiger partial charge in [0.25, 0.3) is 5.91 Å². The lowest BCUT2D eigenvalue weighted by atomic mass is 10.1. The summed E-state index contributed by atoms with van der Waals surface area (Å²) in [5, 5.41) is 0.398. The van der Waals surface area contributed by atoms with Gasteiger partial charge in [0.15, 0.2) is 11.5 Å². The fraction of sp³-hybridized carbons (Fsp3) is 0.409. The molecule has 1 saturated heterocycles. The van der Waals surface area contributed by atoms with Crippen LogP contribution >= 0.6 is 11.6 Å². The van der Waals surface area contributed by atoms with Gasteiger partial charge in [0.1, 0.15) is 0 Å². The minimum atomic E-state index is -0.0360. The molecule has 0 N–H and O–H groups in total. The van der Waals surface area contributed by atoms with E-state index in [-0.39, 0.29) is 5.91 Å². The third-order valence-electron chi connectivity index (χ3n) is 4.86. The molecule has 0 saturated carbocycles. The summed E-state index contributed by atoms with van der Waals surface area (Å²) in [5.74, 6) is 0.945. The first-order valence-corrected chi connectivity index (χ1v) is 10.0. The van der Waals surface area contributed by atoms with Gasteiger partial charge in [-0.3, -0.25) is 4.79 Å². The van der Waals surface area contributed by atoms with Gasteiger partial charge in [-0.2, -0.15) is 0 Å². The van der Waals surface area contributed by atoms with Crippen LogP contribution in [0.25, 0.3) is 0 Å². The molecule has 1 heterocycles. The molecule has 2 aromatic carbocycles. The highest BCUT2D eigenvalue weighted by Gasteiger charge is 2.24. The van der Waals surface area contributed by atoms with Crippen LogP contribution in [0.4, 0.5) is 5.69 Å².